The molecule has 0 radical (unpaired) electrons. The minimum atomic E-state index is -0.406. The first-order valence-electron chi connectivity index (χ1n) is 12.0. The van der Waals surface area contributed by atoms with Gasteiger partial charge in [0.05, 0.1) is 31.0 Å². The van der Waals surface area contributed by atoms with Crippen molar-refractivity contribution < 1.29 is 19.1 Å². The Kier molecular flexibility index (Phi) is 6.60. The highest BCUT2D eigenvalue weighted by Gasteiger charge is 2.41. The van der Waals surface area contributed by atoms with Crippen molar-refractivity contribution >= 4 is 23.4 Å². The molecule has 2 saturated heterocycles. The van der Waals surface area contributed by atoms with Gasteiger partial charge >= 0.3 is 0 Å². The summed E-state index contributed by atoms with van der Waals surface area (Å²) in [5, 5.41) is 2.98. The van der Waals surface area contributed by atoms with Gasteiger partial charge in [-0.2, -0.15) is 0 Å². The summed E-state index contributed by atoms with van der Waals surface area (Å²) in [7, 11) is 0. The zero-order chi connectivity index (χ0) is 23.5. The van der Waals surface area contributed by atoms with Crippen molar-refractivity contribution in [1.82, 2.24) is 15.1 Å². The first-order valence-corrected chi connectivity index (χ1v) is 12.0. The second-order valence-electron chi connectivity index (χ2n) is 9.00. The highest BCUT2D eigenvalue weighted by molar-refractivity contribution is 6.11. The van der Waals surface area contributed by atoms with Gasteiger partial charge in [0.2, 0.25) is 5.91 Å². The molecular weight excluding hydrogens is 432 g/mol. The summed E-state index contributed by atoms with van der Waals surface area (Å²) in [6.45, 7) is 5.64. The van der Waals surface area contributed by atoms with Gasteiger partial charge in [0.1, 0.15) is 6.04 Å². The van der Waals surface area contributed by atoms with E-state index in [1.807, 2.05) is 30.3 Å². The van der Waals surface area contributed by atoms with E-state index < -0.39 is 6.04 Å². The maximum absolute atomic E-state index is 13.4. The smallest absolute Gasteiger partial charge is 0.256 e. The Balaban J connectivity index is 1.26. The number of amides is 3. The number of hydrogen-bond acceptors (Lipinski definition) is 5. The Morgan fingerprint density at radius 3 is 2.56 bits per heavy atom. The van der Waals surface area contributed by atoms with E-state index >= 15 is 0 Å². The van der Waals surface area contributed by atoms with Crippen LogP contribution in [0.1, 0.15) is 39.1 Å². The predicted molar refractivity (Wildman–Crippen MR) is 128 cm³/mol. The minimum absolute atomic E-state index is 0.0410. The predicted octanol–water partition coefficient (Wildman–Crippen LogP) is 1.90. The molecule has 3 amide bonds. The molecule has 1 atom stereocenters. The number of nitrogens with one attached hydrogen (secondary N) is 1. The number of benzene rings is 2. The van der Waals surface area contributed by atoms with Crippen LogP contribution in [-0.4, -0.2) is 79.5 Å². The van der Waals surface area contributed by atoms with E-state index in [1.165, 1.54) is 0 Å². The van der Waals surface area contributed by atoms with Crippen LogP contribution in [0.4, 0.5) is 5.69 Å². The molecule has 0 spiro atoms. The number of carbonyl (C=O) groups is 3. The number of hydrogen-bond donors (Lipinski definition) is 1. The number of carbonyl (C=O) groups excluding carboxylic acids is 3. The SMILES string of the molecule is O=C(NCCN1CCOCC1)c1ccc(CN2C(=O)[C@H]3CCCN3C(=O)c3ccccc32)cc1. The van der Waals surface area contributed by atoms with Crippen molar-refractivity contribution in [3.8, 4) is 0 Å². The second kappa shape index (κ2) is 9.95. The lowest BCUT2D eigenvalue weighted by Crippen LogP contribution is -2.44. The largest absolute Gasteiger partial charge is 0.379 e. The summed E-state index contributed by atoms with van der Waals surface area (Å²) in [5.41, 5.74) is 2.71. The average Bonchev–Trinajstić information content (AvgIpc) is 3.35. The standard InChI is InChI=1S/C26H30N4O4/c31-24(27-11-13-28-14-16-34-17-15-28)20-9-7-19(8-10-20)18-30-22-5-2-1-4-21(22)25(32)29-12-3-6-23(29)26(30)33/h1-2,4-5,7-10,23H,3,6,11-18H2,(H,27,31)/t23-/m1/s1. The number of para-hydroxylation sites is 1. The molecule has 0 bridgehead atoms. The summed E-state index contributed by atoms with van der Waals surface area (Å²) in [5.74, 6) is -0.220. The fourth-order valence-electron chi connectivity index (χ4n) is 4.97. The molecule has 3 aliphatic rings. The second-order valence-corrected chi connectivity index (χ2v) is 9.00. The molecule has 8 nitrogen and oxygen atoms in total. The van der Waals surface area contributed by atoms with Gasteiger partial charge in [-0.05, 0) is 42.7 Å². The van der Waals surface area contributed by atoms with E-state index in [0.29, 0.717) is 42.9 Å². The quantitative estimate of drug-likeness (QED) is 0.709. The van der Waals surface area contributed by atoms with Crippen LogP contribution >= 0.6 is 0 Å². The van der Waals surface area contributed by atoms with E-state index in [1.54, 1.807) is 28.0 Å². The van der Waals surface area contributed by atoms with Crippen LogP contribution in [0.2, 0.25) is 0 Å². The van der Waals surface area contributed by atoms with Crippen LogP contribution in [-0.2, 0) is 16.1 Å². The average molecular weight is 463 g/mol. The third-order valence-corrected chi connectivity index (χ3v) is 6.86. The van der Waals surface area contributed by atoms with Crippen molar-refractivity contribution in [2.45, 2.75) is 25.4 Å². The maximum Gasteiger partial charge on any atom is 0.256 e. The van der Waals surface area contributed by atoms with Crippen LogP contribution in [0.5, 0.6) is 0 Å². The van der Waals surface area contributed by atoms with Crippen LogP contribution < -0.4 is 10.2 Å². The lowest BCUT2D eigenvalue weighted by Gasteiger charge is -2.26. The fraction of sp³-hybridized carbons (Fsp3) is 0.423. The summed E-state index contributed by atoms with van der Waals surface area (Å²) >= 11 is 0. The summed E-state index contributed by atoms with van der Waals surface area (Å²) in [6.07, 6.45) is 1.53. The first-order chi connectivity index (χ1) is 16.6. The third kappa shape index (κ3) is 4.56. The van der Waals surface area contributed by atoms with Gasteiger partial charge in [-0.15, -0.1) is 0 Å². The van der Waals surface area contributed by atoms with Gasteiger partial charge in [0, 0.05) is 38.3 Å². The van der Waals surface area contributed by atoms with Gasteiger partial charge in [-0.25, -0.2) is 0 Å². The zero-order valence-corrected chi connectivity index (χ0v) is 19.2. The van der Waals surface area contributed by atoms with Gasteiger partial charge < -0.3 is 19.9 Å². The maximum atomic E-state index is 13.4. The van der Waals surface area contributed by atoms with E-state index in [-0.39, 0.29) is 17.7 Å². The van der Waals surface area contributed by atoms with Crippen LogP contribution in [0.25, 0.3) is 0 Å². The topological polar surface area (TPSA) is 82.2 Å². The highest BCUT2D eigenvalue weighted by atomic mass is 16.5. The molecule has 5 rings (SSSR count). The van der Waals surface area contributed by atoms with Crippen molar-refractivity contribution in [2.24, 2.45) is 0 Å². The van der Waals surface area contributed by atoms with Crippen LogP contribution in [0.3, 0.4) is 0 Å². The molecule has 2 aromatic rings. The van der Waals surface area contributed by atoms with Crippen LogP contribution in [0, 0.1) is 0 Å². The molecule has 0 aliphatic carbocycles. The van der Waals surface area contributed by atoms with Gasteiger partial charge in [-0.1, -0.05) is 24.3 Å². The molecular formula is C26H30N4O4. The monoisotopic (exact) mass is 462 g/mol. The normalized spacial score (nSPS) is 20.6. The molecule has 0 saturated carbocycles. The Hall–Kier alpha value is -3.23. The highest BCUT2D eigenvalue weighted by Crippen LogP contribution is 2.33. The number of morpholine rings is 1. The lowest BCUT2D eigenvalue weighted by atomic mass is 10.1. The molecule has 0 aromatic heterocycles. The number of anilines is 1. The van der Waals surface area contributed by atoms with E-state index in [0.717, 1.165) is 44.8 Å². The molecule has 3 aliphatic heterocycles. The van der Waals surface area contributed by atoms with Crippen molar-refractivity contribution in [3.63, 3.8) is 0 Å². The van der Waals surface area contributed by atoms with Crippen molar-refractivity contribution in [2.75, 3.05) is 50.8 Å². The summed E-state index contributed by atoms with van der Waals surface area (Å²) in [6, 6.07) is 14.3. The number of fused-ring (bicyclic) bond motifs is 2. The fourth-order valence-corrected chi connectivity index (χ4v) is 4.97. The Morgan fingerprint density at radius 2 is 1.76 bits per heavy atom. The molecule has 1 N–H and O–H groups in total. The molecule has 2 aromatic carbocycles. The lowest BCUT2D eigenvalue weighted by molar-refractivity contribution is -0.122. The summed E-state index contributed by atoms with van der Waals surface area (Å²) < 4.78 is 5.35. The van der Waals surface area contributed by atoms with E-state index in [4.69, 9.17) is 4.74 Å². The number of nitrogens with zero attached hydrogens (tertiary/aromatic N) is 3. The first kappa shape index (κ1) is 22.6. The van der Waals surface area contributed by atoms with Gasteiger partial charge in [-0.3, -0.25) is 19.3 Å². The molecule has 8 heteroatoms. The summed E-state index contributed by atoms with van der Waals surface area (Å²) in [4.78, 5) is 44.7. The van der Waals surface area contributed by atoms with Crippen molar-refractivity contribution in [1.29, 1.82) is 0 Å². The molecule has 34 heavy (non-hydrogen) atoms. The Morgan fingerprint density at radius 1 is 1.00 bits per heavy atom. The van der Waals surface area contributed by atoms with Crippen molar-refractivity contribution in [3.05, 3.63) is 65.2 Å². The molecule has 178 valence electrons. The minimum Gasteiger partial charge on any atom is -0.379 e. The Labute approximate surface area is 199 Å². The molecule has 0 unspecified atom stereocenters. The number of rotatable bonds is 6. The van der Waals surface area contributed by atoms with Gasteiger partial charge in [0.15, 0.2) is 0 Å². The van der Waals surface area contributed by atoms with Gasteiger partial charge in [0.25, 0.3) is 11.8 Å². The third-order valence-electron chi connectivity index (χ3n) is 6.86. The zero-order valence-electron chi connectivity index (χ0n) is 19.2. The number of ether oxygens (including phenoxy) is 1. The molecule has 3 heterocycles. The van der Waals surface area contributed by atoms with Crippen LogP contribution in [0.15, 0.2) is 48.5 Å². The Bertz CT molecular complexity index is 1060. The van der Waals surface area contributed by atoms with E-state index in [9.17, 15) is 14.4 Å². The molecule has 2 fully saturated rings. The van der Waals surface area contributed by atoms with E-state index in [2.05, 4.69) is 10.2 Å².